The van der Waals surface area contributed by atoms with E-state index in [1.807, 2.05) is 0 Å². The van der Waals surface area contributed by atoms with Crippen LogP contribution in [-0.4, -0.2) is 27.2 Å². The first-order chi connectivity index (χ1) is 6.09. The van der Waals surface area contributed by atoms with Crippen molar-refractivity contribution in [1.82, 2.24) is 15.3 Å². The van der Waals surface area contributed by atoms with Gasteiger partial charge in [-0.1, -0.05) is 0 Å². The number of aromatic amines is 1. The van der Waals surface area contributed by atoms with Crippen molar-refractivity contribution >= 4 is 11.7 Å². The second kappa shape index (κ2) is 2.42. The fourth-order valence-electron chi connectivity index (χ4n) is 1.13. The average molecular weight is 178 g/mol. The van der Waals surface area contributed by atoms with Crippen LogP contribution in [0, 0.1) is 0 Å². The number of nitrogens with zero attached hydrogens (tertiary/aromatic N) is 2. The molecule has 1 aliphatic rings. The fraction of sp³-hybridized carbons (Fsp3) is 0.375. The molecule has 1 amide bonds. The number of carbonyl (C=O) groups is 1. The van der Waals surface area contributed by atoms with E-state index in [9.17, 15) is 4.79 Å². The fourth-order valence-corrected chi connectivity index (χ4v) is 1.13. The Balaban J connectivity index is 2.35. The Hall–Kier alpha value is -1.65. The van der Waals surface area contributed by atoms with Crippen molar-refractivity contribution in [2.75, 3.05) is 0 Å². The maximum absolute atomic E-state index is 11.3. The second-order valence-corrected chi connectivity index (χ2v) is 3.41. The van der Waals surface area contributed by atoms with Gasteiger partial charge in [-0.15, -0.1) is 0 Å². The highest BCUT2D eigenvalue weighted by Gasteiger charge is 2.35. The highest BCUT2D eigenvalue weighted by molar-refractivity contribution is 6.13. The number of hydrogen-bond donors (Lipinski definition) is 2. The molecule has 5 heteroatoms. The maximum Gasteiger partial charge on any atom is 0.253 e. The summed E-state index contributed by atoms with van der Waals surface area (Å²) in [4.78, 5) is 22.4. The van der Waals surface area contributed by atoms with Crippen molar-refractivity contribution in [3.63, 3.8) is 0 Å². The lowest BCUT2D eigenvalue weighted by atomic mass is 10.1. The third-order valence-electron chi connectivity index (χ3n) is 1.90. The molecule has 0 bridgehead atoms. The number of carbonyl (C=O) groups excluding carboxylic acids is 1. The molecule has 0 spiro atoms. The van der Waals surface area contributed by atoms with Gasteiger partial charge < -0.3 is 10.3 Å². The Morgan fingerprint density at radius 2 is 2.23 bits per heavy atom. The van der Waals surface area contributed by atoms with Crippen LogP contribution in [0.5, 0.6) is 0 Å². The van der Waals surface area contributed by atoms with E-state index in [0.29, 0.717) is 11.7 Å². The summed E-state index contributed by atoms with van der Waals surface area (Å²) in [7, 11) is 0. The zero-order valence-electron chi connectivity index (χ0n) is 7.46. The molecule has 68 valence electrons. The van der Waals surface area contributed by atoms with Crippen molar-refractivity contribution in [3.05, 3.63) is 18.2 Å². The quantitative estimate of drug-likeness (QED) is 0.638. The van der Waals surface area contributed by atoms with Gasteiger partial charge in [0.2, 0.25) is 0 Å². The van der Waals surface area contributed by atoms with Crippen molar-refractivity contribution in [2.24, 2.45) is 4.99 Å². The van der Waals surface area contributed by atoms with Crippen LogP contribution in [-0.2, 0) is 4.79 Å². The Morgan fingerprint density at radius 3 is 2.69 bits per heavy atom. The molecule has 0 unspecified atom stereocenters. The Bertz CT molecular complexity index is 364. The minimum absolute atomic E-state index is 0.0982. The van der Waals surface area contributed by atoms with E-state index in [1.165, 1.54) is 0 Å². The van der Waals surface area contributed by atoms with Crippen LogP contribution in [0.15, 0.2) is 17.4 Å². The molecule has 2 heterocycles. The molecule has 0 fully saturated rings. The molecule has 1 aromatic rings. The molecule has 1 aromatic heterocycles. The Kier molecular flexibility index (Phi) is 1.48. The molecule has 5 nitrogen and oxygen atoms in total. The smallest absolute Gasteiger partial charge is 0.253 e. The van der Waals surface area contributed by atoms with Gasteiger partial charge in [-0.25, -0.2) is 9.98 Å². The lowest BCUT2D eigenvalue weighted by molar-refractivity contribution is -0.122. The van der Waals surface area contributed by atoms with E-state index in [-0.39, 0.29) is 5.91 Å². The van der Waals surface area contributed by atoms with Crippen LogP contribution in [0.4, 0.5) is 0 Å². The molecule has 0 radical (unpaired) electrons. The van der Waals surface area contributed by atoms with Crippen molar-refractivity contribution in [2.45, 2.75) is 19.4 Å². The van der Waals surface area contributed by atoms with Gasteiger partial charge in [-0.2, -0.15) is 0 Å². The van der Waals surface area contributed by atoms with Gasteiger partial charge in [0.25, 0.3) is 5.91 Å². The van der Waals surface area contributed by atoms with E-state index >= 15 is 0 Å². The average Bonchev–Trinajstić information content (AvgIpc) is 2.60. The Morgan fingerprint density at radius 1 is 1.46 bits per heavy atom. The number of H-pyrrole nitrogens is 1. The van der Waals surface area contributed by atoms with Crippen LogP contribution in [0.1, 0.15) is 19.7 Å². The van der Waals surface area contributed by atoms with Gasteiger partial charge in [0.05, 0.1) is 0 Å². The monoisotopic (exact) mass is 178 g/mol. The lowest BCUT2D eigenvalue weighted by Crippen LogP contribution is -2.34. The molecular formula is C8H10N4O. The van der Waals surface area contributed by atoms with Crippen molar-refractivity contribution in [3.8, 4) is 0 Å². The van der Waals surface area contributed by atoms with Gasteiger partial charge in [0.1, 0.15) is 5.54 Å². The van der Waals surface area contributed by atoms with Crippen LogP contribution < -0.4 is 5.32 Å². The zero-order chi connectivity index (χ0) is 9.47. The summed E-state index contributed by atoms with van der Waals surface area (Å²) in [6, 6.07) is 0. The molecule has 0 aromatic carbocycles. The van der Waals surface area contributed by atoms with E-state index in [1.54, 1.807) is 26.2 Å². The van der Waals surface area contributed by atoms with E-state index in [0.717, 1.165) is 0 Å². The van der Waals surface area contributed by atoms with Gasteiger partial charge in [-0.3, -0.25) is 4.79 Å². The van der Waals surface area contributed by atoms with Gasteiger partial charge >= 0.3 is 0 Å². The number of nitrogens with one attached hydrogen (secondary N) is 2. The Labute approximate surface area is 75.3 Å². The topological polar surface area (TPSA) is 70.1 Å². The summed E-state index contributed by atoms with van der Waals surface area (Å²) in [5, 5.41) is 2.66. The summed E-state index contributed by atoms with van der Waals surface area (Å²) in [6.45, 7) is 3.52. The second-order valence-electron chi connectivity index (χ2n) is 3.41. The molecular weight excluding hydrogens is 168 g/mol. The van der Waals surface area contributed by atoms with Gasteiger partial charge in [0, 0.05) is 12.4 Å². The number of aromatic nitrogens is 2. The third kappa shape index (κ3) is 1.22. The third-order valence-corrected chi connectivity index (χ3v) is 1.90. The molecule has 13 heavy (non-hydrogen) atoms. The predicted octanol–water partition coefficient (Wildman–Crippen LogP) is 0.0647. The molecule has 1 aliphatic heterocycles. The van der Waals surface area contributed by atoms with Gasteiger partial charge in [-0.05, 0) is 13.8 Å². The largest absolute Gasteiger partial charge is 0.342 e. The number of amidine groups is 1. The summed E-state index contributed by atoms with van der Waals surface area (Å²) in [5.74, 6) is 1.01. The minimum Gasteiger partial charge on any atom is -0.342 e. The minimum atomic E-state index is -0.678. The molecule has 2 rings (SSSR count). The van der Waals surface area contributed by atoms with Gasteiger partial charge in [0.15, 0.2) is 11.7 Å². The number of aliphatic imine (C=N–C) groups is 1. The van der Waals surface area contributed by atoms with E-state index in [4.69, 9.17) is 0 Å². The van der Waals surface area contributed by atoms with Crippen molar-refractivity contribution in [1.29, 1.82) is 0 Å². The highest BCUT2D eigenvalue weighted by atomic mass is 16.2. The first-order valence-electron chi connectivity index (χ1n) is 4.01. The van der Waals surface area contributed by atoms with Crippen LogP contribution in [0.3, 0.4) is 0 Å². The number of amides is 1. The molecule has 2 N–H and O–H groups in total. The standard InChI is InChI=1S/C8H10N4O/c1-8(2)7(13)11-6(12-8)5-9-3-4-10-5/h3-4H,1-2H3,(H,9,10)(H,11,12,13). The summed E-state index contributed by atoms with van der Waals surface area (Å²) >= 11 is 0. The lowest BCUT2D eigenvalue weighted by Gasteiger charge is -2.07. The summed E-state index contributed by atoms with van der Waals surface area (Å²) < 4.78 is 0. The highest BCUT2D eigenvalue weighted by Crippen LogP contribution is 2.15. The normalized spacial score (nSPS) is 19.8. The predicted molar refractivity (Wildman–Crippen MR) is 47.3 cm³/mol. The zero-order valence-corrected chi connectivity index (χ0v) is 7.46. The van der Waals surface area contributed by atoms with E-state index < -0.39 is 5.54 Å². The first kappa shape index (κ1) is 7.97. The number of hydrogen-bond acceptors (Lipinski definition) is 3. The summed E-state index contributed by atoms with van der Waals surface area (Å²) in [5.41, 5.74) is -0.678. The summed E-state index contributed by atoms with van der Waals surface area (Å²) in [6.07, 6.45) is 3.31. The molecule has 0 saturated carbocycles. The maximum atomic E-state index is 11.3. The van der Waals surface area contributed by atoms with Crippen LogP contribution in [0.25, 0.3) is 0 Å². The SMILES string of the molecule is CC1(C)N=C(c2ncc[nH]2)NC1=O. The van der Waals surface area contributed by atoms with Crippen molar-refractivity contribution < 1.29 is 4.79 Å². The van der Waals surface area contributed by atoms with Crippen LogP contribution in [0.2, 0.25) is 0 Å². The number of imidazole rings is 1. The molecule has 0 saturated heterocycles. The molecule has 0 atom stereocenters. The van der Waals surface area contributed by atoms with E-state index in [2.05, 4.69) is 20.3 Å². The first-order valence-corrected chi connectivity index (χ1v) is 4.01. The molecule has 0 aliphatic carbocycles. The van der Waals surface area contributed by atoms with Crippen LogP contribution >= 0.6 is 0 Å². The number of rotatable bonds is 1.